The van der Waals surface area contributed by atoms with Crippen molar-refractivity contribution in [2.24, 2.45) is 0 Å². The van der Waals surface area contributed by atoms with Crippen LogP contribution in [0, 0.1) is 6.92 Å². The molecule has 0 N–H and O–H groups in total. The molecule has 0 saturated heterocycles. The number of allylic oxidation sites excluding steroid dienone is 6. The van der Waals surface area contributed by atoms with Crippen molar-refractivity contribution in [1.82, 2.24) is 0 Å². The van der Waals surface area contributed by atoms with E-state index in [2.05, 4.69) is 32.1 Å². The van der Waals surface area contributed by atoms with E-state index in [0.29, 0.717) is 0 Å². The summed E-state index contributed by atoms with van der Waals surface area (Å²) < 4.78 is 0. The Balaban J connectivity index is 3.16. The summed E-state index contributed by atoms with van der Waals surface area (Å²) in [6, 6.07) is 0. The van der Waals surface area contributed by atoms with Gasteiger partial charge in [0.05, 0.1) is 0 Å². The van der Waals surface area contributed by atoms with Crippen LogP contribution in [0.2, 0.25) is 0 Å². The van der Waals surface area contributed by atoms with Crippen LogP contribution in [0.1, 0.15) is 51.9 Å². The van der Waals surface area contributed by atoms with Crippen molar-refractivity contribution in [1.29, 1.82) is 0 Å². The number of rotatable bonds is 9. The molecule has 0 rings (SSSR count). The van der Waals surface area contributed by atoms with E-state index in [4.69, 9.17) is 0 Å². The van der Waals surface area contributed by atoms with Gasteiger partial charge < -0.3 is 0 Å². The van der Waals surface area contributed by atoms with E-state index in [-0.39, 0.29) is 0 Å². The van der Waals surface area contributed by atoms with Crippen molar-refractivity contribution in [2.75, 3.05) is 0 Å². The molecular formula is C15H25. The lowest BCUT2D eigenvalue weighted by Gasteiger charge is -1.97. The fourth-order valence-electron chi connectivity index (χ4n) is 1.42. The third-order valence-corrected chi connectivity index (χ3v) is 2.33. The second-order valence-corrected chi connectivity index (χ2v) is 3.80. The summed E-state index contributed by atoms with van der Waals surface area (Å²) in [5.41, 5.74) is 0. The fraction of sp³-hybridized carbons (Fsp3) is 0.533. The molecule has 0 aliphatic heterocycles. The lowest BCUT2D eigenvalue weighted by Crippen LogP contribution is -1.77. The molecule has 0 aromatic carbocycles. The lowest BCUT2D eigenvalue weighted by molar-refractivity contribution is 0.611. The number of hydrogen-bond donors (Lipinski definition) is 0. The Bertz CT molecular complexity index is 184. The highest BCUT2D eigenvalue weighted by molar-refractivity contribution is 5.11. The van der Waals surface area contributed by atoms with Crippen LogP contribution in [0.15, 0.2) is 36.5 Å². The predicted molar refractivity (Wildman–Crippen MR) is 70.8 cm³/mol. The maximum atomic E-state index is 3.61. The van der Waals surface area contributed by atoms with Crippen LogP contribution >= 0.6 is 0 Å². The van der Waals surface area contributed by atoms with Gasteiger partial charge in [0.25, 0.3) is 0 Å². The van der Waals surface area contributed by atoms with Crippen molar-refractivity contribution in [3.05, 3.63) is 43.4 Å². The number of hydrogen-bond acceptors (Lipinski definition) is 0. The van der Waals surface area contributed by atoms with Crippen molar-refractivity contribution < 1.29 is 0 Å². The summed E-state index contributed by atoms with van der Waals surface area (Å²) in [5, 5.41) is 0. The maximum absolute atomic E-state index is 3.61. The third kappa shape index (κ3) is 13.2. The lowest BCUT2D eigenvalue weighted by atomic mass is 10.1. The molecule has 0 aromatic heterocycles. The van der Waals surface area contributed by atoms with E-state index in [1.165, 1.54) is 44.9 Å². The van der Waals surface area contributed by atoms with Crippen LogP contribution in [-0.2, 0) is 0 Å². The van der Waals surface area contributed by atoms with Gasteiger partial charge in [-0.1, -0.05) is 75.5 Å². The van der Waals surface area contributed by atoms with Crippen molar-refractivity contribution in [3.63, 3.8) is 0 Å². The first-order chi connectivity index (χ1) is 7.41. The molecule has 0 aliphatic rings. The van der Waals surface area contributed by atoms with Gasteiger partial charge >= 0.3 is 0 Å². The van der Waals surface area contributed by atoms with Crippen molar-refractivity contribution >= 4 is 0 Å². The average molecular weight is 205 g/mol. The zero-order chi connectivity index (χ0) is 11.2. The first-order valence-corrected chi connectivity index (χ1v) is 6.19. The third-order valence-electron chi connectivity index (χ3n) is 2.33. The van der Waals surface area contributed by atoms with Crippen LogP contribution < -0.4 is 0 Å². The second kappa shape index (κ2) is 13.2. The molecule has 0 fully saturated rings. The molecule has 0 bridgehead atoms. The Morgan fingerprint density at radius 3 is 2.20 bits per heavy atom. The van der Waals surface area contributed by atoms with Gasteiger partial charge in [-0.05, 0) is 19.8 Å². The average Bonchev–Trinajstić information content (AvgIpc) is 2.26. The van der Waals surface area contributed by atoms with Crippen LogP contribution in [0.25, 0.3) is 0 Å². The maximum Gasteiger partial charge on any atom is -0.0313 e. The normalized spacial score (nSPS) is 12.4. The summed E-state index contributed by atoms with van der Waals surface area (Å²) >= 11 is 0. The van der Waals surface area contributed by atoms with Gasteiger partial charge in [0.15, 0.2) is 0 Å². The van der Waals surface area contributed by atoms with Crippen molar-refractivity contribution in [3.8, 4) is 0 Å². The van der Waals surface area contributed by atoms with Crippen LogP contribution in [0.3, 0.4) is 0 Å². The van der Waals surface area contributed by atoms with E-state index < -0.39 is 0 Å². The van der Waals surface area contributed by atoms with Gasteiger partial charge in [-0.15, -0.1) is 0 Å². The van der Waals surface area contributed by atoms with Gasteiger partial charge in [0.2, 0.25) is 0 Å². The summed E-state index contributed by atoms with van der Waals surface area (Å²) in [7, 11) is 0. The standard InChI is InChI=1S/C15H25/c1-3-5-7-9-11-13-15-14-12-10-8-6-4-2/h3,5,7,9,11,13H,1,4,6,8,10,12,14-15H2,2H3/b5-3+,9-7+,13-11+. The minimum Gasteiger partial charge on any atom is -0.0845 e. The Hall–Kier alpha value is -0.780. The molecule has 0 heteroatoms. The Kier molecular flexibility index (Phi) is 12.5. The topological polar surface area (TPSA) is 0 Å². The second-order valence-electron chi connectivity index (χ2n) is 3.80. The van der Waals surface area contributed by atoms with Crippen LogP contribution in [0.4, 0.5) is 0 Å². The monoisotopic (exact) mass is 205 g/mol. The Morgan fingerprint density at radius 1 is 0.800 bits per heavy atom. The van der Waals surface area contributed by atoms with Crippen molar-refractivity contribution in [2.45, 2.75) is 51.9 Å². The summed E-state index contributed by atoms with van der Waals surface area (Å²) in [5.74, 6) is 0. The van der Waals surface area contributed by atoms with Gasteiger partial charge in [-0.2, -0.15) is 0 Å². The highest BCUT2D eigenvalue weighted by atomic mass is 13.9. The molecule has 0 saturated carbocycles. The molecule has 0 spiro atoms. The van der Waals surface area contributed by atoms with E-state index in [0.717, 1.165) is 0 Å². The van der Waals surface area contributed by atoms with Crippen LogP contribution in [0.5, 0.6) is 0 Å². The molecular weight excluding hydrogens is 180 g/mol. The summed E-state index contributed by atoms with van der Waals surface area (Å²) in [6.07, 6.45) is 21.6. The SMILES string of the molecule is [CH2]/C=C/C=C/C=C/CCCCCCCC. The molecule has 1 radical (unpaired) electrons. The smallest absolute Gasteiger partial charge is 0.0313 e. The molecule has 0 nitrogen and oxygen atoms in total. The minimum atomic E-state index is 1.21. The molecule has 0 amide bonds. The molecule has 0 atom stereocenters. The number of unbranched alkanes of at least 4 members (excludes halogenated alkanes) is 6. The zero-order valence-corrected chi connectivity index (χ0v) is 10.1. The first-order valence-electron chi connectivity index (χ1n) is 6.19. The van der Waals surface area contributed by atoms with E-state index in [9.17, 15) is 0 Å². The first kappa shape index (κ1) is 14.2. The molecule has 85 valence electrons. The predicted octanol–water partition coefficient (Wildman–Crippen LogP) is 5.24. The molecule has 0 aliphatic carbocycles. The summed E-state index contributed by atoms with van der Waals surface area (Å²) in [4.78, 5) is 0. The molecule has 0 unspecified atom stereocenters. The quantitative estimate of drug-likeness (QED) is 0.357. The molecule has 15 heavy (non-hydrogen) atoms. The van der Waals surface area contributed by atoms with E-state index in [1.54, 1.807) is 6.08 Å². The van der Waals surface area contributed by atoms with E-state index >= 15 is 0 Å². The largest absolute Gasteiger partial charge is 0.0845 e. The molecule has 0 heterocycles. The van der Waals surface area contributed by atoms with Gasteiger partial charge in [0.1, 0.15) is 0 Å². The Morgan fingerprint density at radius 2 is 1.47 bits per heavy atom. The highest BCUT2D eigenvalue weighted by Gasteiger charge is 1.87. The summed E-state index contributed by atoms with van der Waals surface area (Å²) in [6.45, 7) is 5.87. The van der Waals surface area contributed by atoms with E-state index in [1.807, 2.05) is 12.2 Å². The van der Waals surface area contributed by atoms with Crippen LogP contribution in [-0.4, -0.2) is 0 Å². The van der Waals surface area contributed by atoms with Gasteiger partial charge in [-0.3, -0.25) is 0 Å². The zero-order valence-electron chi connectivity index (χ0n) is 10.1. The van der Waals surface area contributed by atoms with Gasteiger partial charge in [-0.25, -0.2) is 0 Å². The fourth-order valence-corrected chi connectivity index (χ4v) is 1.42. The van der Waals surface area contributed by atoms with Gasteiger partial charge in [0, 0.05) is 0 Å². The molecule has 0 aromatic rings. The minimum absolute atomic E-state index is 1.21. The highest BCUT2D eigenvalue weighted by Crippen LogP contribution is 2.06. The Labute approximate surface area is 95.8 Å².